The Morgan fingerprint density at radius 1 is 0.667 bits per heavy atom. The lowest BCUT2D eigenvalue weighted by Crippen LogP contribution is -2.41. The fourth-order valence-electron chi connectivity index (χ4n) is 6.68. The van der Waals surface area contributed by atoms with Gasteiger partial charge >= 0.3 is 13.1 Å². The van der Waals surface area contributed by atoms with E-state index in [0.717, 1.165) is 33.2 Å². The molecule has 0 atom stereocenters. The van der Waals surface area contributed by atoms with Crippen molar-refractivity contribution in [1.29, 1.82) is 0 Å². The molecule has 4 aromatic carbocycles. The highest BCUT2D eigenvalue weighted by Gasteiger charge is 2.51. The number of aliphatic imine (C=N–C) groups is 1. The van der Waals surface area contributed by atoms with Crippen molar-refractivity contribution in [3.05, 3.63) is 126 Å². The first-order valence-electron chi connectivity index (χ1n) is 21.9. The van der Waals surface area contributed by atoms with Crippen LogP contribution < -0.4 is 43.9 Å². The molecule has 1 aliphatic heterocycles. The van der Waals surface area contributed by atoms with Crippen molar-refractivity contribution in [2.45, 2.75) is 38.9 Å². The summed E-state index contributed by atoms with van der Waals surface area (Å²) in [6, 6.07) is 27.6. The summed E-state index contributed by atoms with van der Waals surface area (Å²) in [5.41, 5.74) is 20.9. The van der Waals surface area contributed by atoms with E-state index in [4.69, 9.17) is 32.4 Å². The molecule has 370 valence electrons. The Hall–Kier alpha value is -8.60. The minimum absolute atomic E-state index is 0.127. The minimum Gasteiger partial charge on any atom is -0.399 e. The first kappa shape index (κ1) is 52.8. The van der Waals surface area contributed by atoms with E-state index in [9.17, 15) is 19.2 Å². The van der Waals surface area contributed by atoms with E-state index in [-0.39, 0.29) is 29.6 Å². The molecule has 0 bridgehead atoms. The Bertz CT molecular complexity index is 3240. The van der Waals surface area contributed by atoms with Crippen molar-refractivity contribution < 1.29 is 28.5 Å². The molecule has 9 rings (SSSR count). The molecule has 72 heavy (non-hydrogen) atoms. The predicted octanol–water partition coefficient (Wildman–Crippen LogP) is 6.01. The van der Waals surface area contributed by atoms with Crippen LogP contribution in [0.2, 0.25) is 5.28 Å². The molecule has 22 nitrogen and oxygen atoms in total. The number of nitrogens with one attached hydrogen (secondary N) is 4. The van der Waals surface area contributed by atoms with E-state index in [1.54, 1.807) is 116 Å². The summed E-state index contributed by atoms with van der Waals surface area (Å²) < 4.78 is 15.1. The quantitative estimate of drug-likeness (QED) is 0.0357. The molecular formula is C48H52BClN16O6. The first-order valence-corrected chi connectivity index (χ1v) is 22.3. The van der Waals surface area contributed by atoms with Gasteiger partial charge in [-0.1, -0.05) is 12.1 Å². The van der Waals surface area contributed by atoms with Gasteiger partial charge < -0.3 is 47.8 Å². The predicted molar refractivity (Wildman–Crippen MR) is 278 cm³/mol. The Balaban J connectivity index is 0.000000181. The van der Waals surface area contributed by atoms with E-state index >= 15 is 0 Å². The summed E-state index contributed by atoms with van der Waals surface area (Å²) in [5, 5.41) is 21.6. The van der Waals surface area contributed by atoms with Gasteiger partial charge in [0, 0.05) is 54.9 Å². The molecule has 1 saturated heterocycles. The zero-order chi connectivity index (χ0) is 52.3. The molecule has 0 spiro atoms. The van der Waals surface area contributed by atoms with Crippen molar-refractivity contribution >= 4 is 105 Å². The van der Waals surface area contributed by atoms with Crippen LogP contribution >= 0.6 is 11.6 Å². The van der Waals surface area contributed by atoms with Gasteiger partial charge in [0.15, 0.2) is 17.1 Å². The second kappa shape index (κ2) is 22.9. The number of isocyanates is 1. The maximum Gasteiger partial charge on any atom is 0.494 e. The summed E-state index contributed by atoms with van der Waals surface area (Å²) >= 11 is 5.92. The van der Waals surface area contributed by atoms with Crippen molar-refractivity contribution in [2.75, 3.05) is 30.0 Å². The molecule has 0 radical (unpaired) electrons. The lowest BCUT2D eigenvalue weighted by atomic mass is 9.79. The van der Waals surface area contributed by atoms with Gasteiger partial charge in [-0.3, -0.25) is 19.0 Å². The number of carbonyl (C=O) groups excluding carboxylic acids is 4. The van der Waals surface area contributed by atoms with Crippen LogP contribution in [0.4, 0.5) is 39.2 Å². The number of nitrogens with zero attached hydrogens (tertiary/aromatic N) is 9. The molecule has 10 N–H and O–H groups in total. The van der Waals surface area contributed by atoms with Crippen LogP contribution in [-0.4, -0.2) is 95.8 Å². The number of hydrogen-bond acceptors (Lipinski definition) is 16. The fraction of sp³-hybridized carbons (Fsp3) is 0.208. The summed E-state index contributed by atoms with van der Waals surface area (Å²) in [6.07, 6.45) is 4.86. The van der Waals surface area contributed by atoms with E-state index in [0.29, 0.717) is 51.3 Å². The molecular weight excluding hydrogens is 943 g/mol. The highest BCUT2D eigenvalue weighted by atomic mass is 35.5. The number of primary amides is 2. The number of nitrogens with two attached hydrogens (primary N) is 3. The number of aryl methyl sites for hydroxylation is 2. The SMILES string of the molecule is CC1(C)OB(c2ccc(N=C=O)cc2)OC1(C)C.CN.CNC(=O)Nc1ccc(-c2nc(Nc3ccc(C(N)=O)cc3)c3cnn(C)c3n2)cc1.Cn1ncc2c(Nc3ccc(C(N)=O)cc3)nc(Cl)nc21. The largest absolute Gasteiger partial charge is 0.494 e. The monoisotopic (exact) mass is 994 g/mol. The number of aromatic nitrogens is 8. The van der Waals surface area contributed by atoms with E-state index in [1.165, 1.54) is 13.1 Å². The van der Waals surface area contributed by atoms with Gasteiger partial charge in [0.1, 0.15) is 11.6 Å². The Labute approximate surface area is 418 Å². The normalized spacial score (nSPS) is 12.9. The van der Waals surface area contributed by atoms with Crippen LogP contribution in [0.3, 0.4) is 0 Å². The van der Waals surface area contributed by atoms with Gasteiger partial charge in [-0.15, -0.1) is 0 Å². The number of halogens is 1. The third-order valence-corrected chi connectivity index (χ3v) is 11.4. The number of hydrogen-bond donors (Lipinski definition) is 7. The molecule has 8 aromatic rings. The van der Waals surface area contributed by atoms with Gasteiger partial charge in [0.05, 0.1) is 40.1 Å². The second-order valence-electron chi connectivity index (χ2n) is 16.5. The summed E-state index contributed by atoms with van der Waals surface area (Å²) in [7, 11) is 6.25. The fourth-order valence-corrected chi connectivity index (χ4v) is 6.85. The van der Waals surface area contributed by atoms with Crippen LogP contribution in [-0.2, 0) is 28.2 Å². The standard InChI is InChI=1S/C21H20N8O2.C13H16BNO3.C13H11ClN6O.CH5N/c1-23-21(31)26-15-9-5-13(6-10-15)18-27-19(16-11-24-29(2)20(16)28-18)25-14-7-3-12(4-8-14)17(22)30;1-12(2)13(3,4)18-14(17-12)10-5-7-11(8-6-10)15-9-16;1-20-12-9(6-16-20)11(18-13(14)19-12)17-8-4-2-7(3-5-8)10(15)21;1-2/h3-11H,1-2H3,(H2,22,30)(H2,23,26,31)(H,25,27,28);5-8H,1-4H3;2-6H,1H3,(H2,15,21)(H,17,18,19);2H2,1H3. The van der Waals surface area contributed by atoms with E-state index < -0.39 is 11.8 Å². The number of amides is 4. The molecule has 4 amide bonds. The Kier molecular flexibility index (Phi) is 16.8. The van der Waals surface area contributed by atoms with E-state index in [1.807, 2.05) is 52.0 Å². The van der Waals surface area contributed by atoms with Crippen LogP contribution in [0.15, 0.2) is 114 Å². The maximum atomic E-state index is 11.5. The smallest absolute Gasteiger partial charge is 0.399 e. The lowest BCUT2D eigenvalue weighted by molar-refractivity contribution is 0.00578. The first-order chi connectivity index (χ1) is 34.3. The van der Waals surface area contributed by atoms with Crippen molar-refractivity contribution in [3.63, 3.8) is 0 Å². The van der Waals surface area contributed by atoms with Gasteiger partial charge in [-0.2, -0.15) is 25.2 Å². The van der Waals surface area contributed by atoms with Crippen LogP contribution in [0, 0.1) is 0 Å². The topological polar surface area (TPSA) is 312 Å². The third-order valence-electron chi connectivity index (χ3n) is 11.2. The molecule has 24 heteroatoms. The molecule has 5 heterocycles. The zero-order valence-corrected chi connectivity index (χ0v) is 41.3. The minimum atomic E-state index is -0.486. The number of benzene rings is 4. The van der Waals surface area contributed by atoms with E-state index in [2.05, 4.69) is 62.1 Å². The van der Waals surface area contributed by atoms with Gasteiger partial charge in [-0.25, -0.2) is 19.6 Å². The van der Waals surface area contributed by atoms with Crippen LogP contribution in [0.1, 0.15) is 48.4 Å². The molecule has 4 aromatic heterocycles. The van der Waals surface area contributed by atoms with Gasteiger partial charge in [0.2, 0.25) is 23.2 Å². The molecule has 0 aliphatic carbocycles. The summed E-state index contributed by atoms with van der Waals surface area (Å²) in [6.45, 7) is 8.05. The lowest BCUT2D eigenvalue weighted by Gasteiger charge is -2.32. The van der Waals surface area contributed by atoms with Gasteiger partial charge in [-0.05, 0) is 137 Å². The third kappa shape index (κ3) is 12.6. The number of rotatable bonds is 10. The van der Waals surface area contributed by atoms with Crippen molar-refractivity contribution in [3.8, 4) is 11.4 Å². The van der Waals surface area contributed by atoms with Crippen molar-refractivity contribution in [1.82, 2.24) is 44.8 Å². The Morgan fingerprint density at radius 3 is 1.58 bits per heavy atom. The zero-order valence-electron chi connectivity index (χ0n) is 40.6. The van der Waals surface area contributed by atoms with Gasteiger partial charge in [0.25, 0.3) is 0 Å². The van der Waals surface area contributed by atoms with Crippen molar-refractivity contribution in [2.24, 2.45) is 36.3 Å². The van der Waals surface area contributed by atoms with Crippen LogP contribution in [0.5, 0.6) is 0 Å². The van der Waals surface area contributed by atoms with Crippen LogP contribution in [0.25, 0.3) is 33.5 Å². The molecule has 1 fully saturated rings. The average molecular weight is 995 g/mol. The summed E-state index contributed by atoms with van der Waals surface area (Å²) in [5.74, 6) is 0.664. The number of urea groups is 1. The molecule has 0 saturated carbocycles. The molecule has 0 unspecified atom stereocenters. The number of anilines is 5. The highest BCUT2D eigenvalue weighted by Crippen LogP contribution is 2.36. The Morgan fingerprint density at radius 2 is 1.12 bits per heavy atom. The molecule has 1 aliphatic rings. The maximum absolute atomic E-state index is 11.5. The number of fused-ring (bicyclic) bond motifs is 2. The number of carbonyl (C=O) groups is 3. The average Bonchev–Trinajstić information content (AvgIpc) is 4.00. The summed E-state index contributed by atoms with van der Waals surface area (Å²) in [4.78, 5) is 65.1. The second-order valence-corrected chi connectivity index (χ2v) is 16.9. The highest BCUT2D eigenvalue weighted by molar-refractivity contribution is 6.62.